The molecule has 0 unspecified atom stereocenters. The van der Waals surface area contributed by atoms with Crippen molar-refractivity contribution in [3.63, 3.8) is 0 Å². The summed E-state index contributed by atoms with van der Waals surface area (Å²) in [6.07, 6.45) is 4.90. The molecule has 1 aliphatic heterocycles. The van der Waals surface area contributed by atoms with E-state index in [4.69, 9.17) is 4.99 Å². The molecule has 0 amide bonds. The fourth-order valence-electron chi connectivity index (χ4n) is 2.69. The summed E-state index contributed by atoms with van der Waals surface area (Å²) >= 11 is 0. The second-order valence-corrected chi connectivity index (χ2v) is 7.04. The number of hydrogen-bond donors (Lipinski definition) is 1. The molecule has 0 bridgehead atoms. The van der Waals surface area contributed by atoms with Crippen LogP contribution in [0.15, 0.2) is 17.4 Å². The van der Waals surface area contributed by atoms with Crippen molar-refractivity contribution in [3.05, 3.63) is 18.0 Å². The van der Waals surface area contributed by atoms with Gasteiger partial charge < -0.3 is 10.2 Å². The Morgan fingerprint density at radius 3 is 2.57 bits per heavy atom. The molecule has 1 aromatic rings. The van der Waals surface area contributed by atoms with Crippen LogP contribution in [0.25, 0.3) is 0 Å². The first-order valence-corrected chi connectivity index (χ1v) is 7.81. The van der Waals surface area contributed by atoms with Crippen molar-refractivity contribution in [1.82, 2.24) is 20.0 Å². The Hall–Kier alpha value is -1.52. The highest BCUT2D eigenvalue weighted by molar-refractivity contribution is 5.82. The molecule has 5 heteroatoms. The average molecular weight is 291 g/mol. The van der Waals surface area contributed by atoms with Crippen LogP contribution in [0.1, 0.15) is 40.2 Å². The van der Waals surface area contributed by atoms with E-state index in [0.717, 1.165) is 32.0 Å². The Morgan fingerprint density at radius 2 is 2.10 bits per heavy atom. The first-order valence-electron chi connectivity index (χ1n) is 7.81. The van der Waals surface area contributed by atoms with Gasteiger partial charge in [-0.15, -0.1) is 0 Å². The Bertz CT molecular complexity index is 512. The highest BCUT2D eigenvalue weighted by Gasteiger charge is 2.53. The number of hydrogen-bond acceptors (Lipinski definition) is 2. The van der Waals surface area contributed by atoms with Gasteiger partial charge in [-0.25, -0.2) is 0 Å². The minimum atomic E-state index is 0.141. The van der Waals surface area contributed by atoms with Gasteiger partial charge in [-0.3, -0.25) is 9.67 Å². The molecule has 1 aromatic heterocycles. The molecule has 21 heavy (non-hydrogen) atoms. The summed E-state index contributed by atoms with van der Waals surface area (Å²) in [6.45, 7) is 14.1. The van der Waals surface area contributed by atoms with Gasteiger partial charge in [0.05, 0.1) is 6.20 Å². The zero-order valence-electron chi connectivity index (χ0n) is 14.3. The van der Waals surface area contributed by atoms with Gasteiger partial charge in [-0.05, 0) is 32.8 Å². The third-order valence-electron chi connectivity index (χ3n) is 4.90. The van der Waals surface area contributed by atoms with Crippen molar-refractivity contribution in [1.29, 1.82) is 0 Å². The maximum Gasteiger partial charge on any atom is 0.194 e. The number of guanidine groups is 1. The SMILES string of the molecule is CCNC(=NCCc1cnn(C)c1)N1CC(C)(C)C1(C)C. The van der Waals surface area contributed by atoms with Gasteiger partial charge in [0.1, 0.15) is 0 Å². The summed E-state index contributed by atoms with van der Waals surface area (Å²) in [5, 5.41) is 7.62. The molecular formula is C16H29N5. The largest absolute Gasteiger partial charge is 0.356 e. The Morgan fingerprint density at radius 1 is 1.38 bits per heavy atom. The fourth-order valence-corrected chi connectivity index (χ4v) is 2.69. The molecule has 118 valence electrons. The third-order valence-corrected chi connectivity index (χ3v) is 4.90. The first-order chi connectivity index (χ1) is 9.78. The Labute approximate surface area is 128 Å². The fraction of sp³-hybridized carbons (Fsp3) is 0.750. The molecule has 1 aliphatic rings. The van der Waals surface area contributed by atoms with Crippen LogP contribution in [0.4, 0.5) is 0 Å². The average Bonchev–Trinajstić information content (AvgIpc) is 2.81. The topological polar surface area (TPSA) is 45.5 Å². The van der Waals surface area contributed by atoms with Crippen LogP contribution in [0, 0.1) is 5.41 Å². The van der Waals surface area contributed by atoms with E-state index in [9.17, 15) is 0 Å². The summed E-state index contributed by atoms with van der Waals surface area (Å²) in [6, 6.07) is 0. The molecule has 2 heterocycles. The summed E-state index contributed by atoms with van der Waals surface area (Å²) < 4.78 is 1.84. The summed E-state index contributed by atoms with van der Waals surface area (Å²) in [5.74, 6) is 1.03. The predicted molar refractivity (Wildman–Crippen MR) is 87.5 cm³/mol. The van der Waals surface area contributed by atoms with E-state index in [-0.39, 0.29) is 5.54 Å². The van der Waals surface area contributed by atoms with Crippen molar-refractivity contribution in [2.45, 2.75) is 46.6 Å². The monoisotopic (exact) mass is 291 g/mol. The van der Waals surface area contributed by atoms with E-state index in [1.54, 1.807) is 0 Å². The quantitative estimate of drug-likeness (QED) is 0.682. The van der Waals surface area contributed by atoms with Crippen molar-refractivity contribution < 1.29 is 0 Å². The van der Waals surface area contributed by atoms with Gasteiger partial charge in [0, 0.05) is 43.8 Å². The maximum atomic E-state index is 4.80. The van der Waals surface area contributed by atoms with Gasteiger partial charge in [0.25, 0.3) is 0 Å². The van der Waals surface area contributed by atoms with Gasteiger partial charge >= 0.3 is 0 Å². The number of aliphatic imine (C=N–C) groups is 1. The normalized spacial score (nSPS) is 20.3. The van der Waals surface area contributed by atoms with Crippen LogP contribution in [-0.2, 0) is 13.5 Å². The minimum absolute atomic E-state index is 0.141. The van der Waals surface area contributed by atoms with Gasteiger partial charge in [0.15, 0.2) is 5.96 Å². The standard InChI is InChI=1S/C16H29N5/c1-7-17-14(21-12-15(2,3)16(21,4)5)18-9-8-13-10-19-20(6)11-13/h10-11H,7-9,12H2,1-6H3,(H,17,18). The van der Waals surface area contributed by atoms with Crippen molar-refractivity contribution >= 4 is 5.96 Å². The molecule has 1 N–H and O–H groups in total. The zero-order valence-corrected chi connectivity index (χ0v) is 14.3. The molecule has 0 spiro atoms. The van der Waals surface area contributed by atoms with Gasteiger partial charge in [-0.2, -0.15) is 5.10 Å². The van der Waals surface area contributed by atoms with Crippen molar-refractivity contribution in [2.24, 2.45) is 17.5 Å². The second-order valence-electron chi connectivity index (χ2n) is 7.04. The number of aryl methyl sites for hydroxylation is 1. The van der Waals surface area contributed by atoms with Crippen LogP contribution in [-0.4, -0.2) is 45.8 Å². The van der Waals surface area contributed by atoms with Crippen LogP contribution in [0.2, 0.25) is 0 Å². The Balaban J connectivity index is 2.00. The lowest BCUT2D eigenvalue weighted by atomic mass is 9.65. The first kappa shape index (κ1) is 15.9. The molecule has 0 atom stereocenters. The molecular weight excluding hydrogens is 262 g/mol. The van der Waals surface area contributed by atoms with Crippen LogP contribution < -0.4 is 5.32 Å². The van der Waals surface area contributed by atoms with E-state index >= 15 is 0 Å². The lowest BCUT2D eigenvalue weighted by Crippen LogP contribution is -2.72. The Kier molecular flexibility index (Phi) is 4.30. The summed E-state index contributed by atoms with van der Waals surface area (Å²) in [5.41, 5.74) is 1.70. The van der Waals surface area contributed by atoms with E-state index in [2.05, 4.69) is 56.1 Å². The van der Waals surface area contributed by atoms with E-state index in [1.165, 1.54) is 5.56 Å². The molecule has 5 nitrogen and oxygen atoms in total. The van der Waals surface area contributed by atoms with E-state index in [1.807, 2.05) is 17.9 Å². The highest BCUT2D eigenvalue weighted by Crippen LogP contribution is 2.46. The number of aromatic nitrogens is 2. The number of rotatable bonds is 4. The highest BCUT2D eigenvalue weighted by atomic mass is 15.4. The molecule has 0 aliphatic carbocycles. The molecule has 0 radical (unpaired) electrons. The molecule has 2 rings (SSSR count). The molecule has 0 aromatic carbocycles. The van der Waals surface area contributed by atoms with E-state index in [0.29, 0.717) is 5.41 Å². The number of nitrogens with one attached hydrogen (secondary N) is 1. The number of likely N-dealkylation sites (tertiary alicyclic amines) is 1. The third kappa shape index (κ3) is 3.06. The summed E-state index contributed by atoms with van der Waals surface area (Å²) in [4.78, 5) is 7.18. The minimum Gasteiger partial charge on any atom is -0.356 e. The maximum absolute atomic E-state index is 4.80. The van der Waals surface area contributed by atoms with Crippen LogP contribution in [0.3, 0.4) is 0 Å². The predicted octanol–water partition coefficient (Wildman–Crippen LogP) is 2.05. The molecule has 1 saturated heterocycles. The van der Waals surface area contributed by atoms with Gasteiger partial charge in [-0.1, -0.05) is 13.8 Å². The molecule has 1 fully saturated rings. The second kappa shape index (κ2) is 5.70. The van der Waals surface area contributed by atoms with E-state index < -0.39 is 0 Å². The number of nitrogens with zero attached hydrogens (tertiary/aromatic N) is 4. The smallest absolute Gasteiger partial charge is 0.194 e. The van der Waals surface area contributed by atoms with Gasteiger partial charge in [0.2, 0.25) is 0 Å². The van der Waals surface area contributed by atoms with Crippen molar-refractivity contribution in [3.8, 4) is 0 Å². The lowest BCUT2D eigenvalue weighted by molar-refractivity contribution is -0.0667. The zero-order chi connectivity index (χ0) is 15.7. The lowest BCUT2D eigenvalue weighted by Gasteiger charge is -2.62. The van der Waals surface area contributed by atoms with Crippen molar-refractivity contribution in [2.75, 3.05) is 19.6 Å². The molecule has 0 saturated carbocycles. The van der Waals surface area contributed by atoms with Crippen LogP contribution in [0.5, 0.6) is 0 Å². The van der Waals surface area contributed by atoms with Crippen LogP contribution >= 0.6 is 0 Å². The summed E-state index contributed by atoms with van der Waals surface area (Å²) in [7, 11) is 1.95.